The summed E-state index contributed by atoms with van der Waals surface area (Å²) in [6, 6.07) is 9.65. The van der Waals surface area contributed by atoms with Crippen LogP contribution in [0.15, 0.2) is 35.2 Å². The van der Waals surface area contributed by atoms with Crippen LogP contribution in [0.4, 0.5) is 0 Å². The van der Waals surface area contributed by atoms with E-state index >= 15 is 0 Å². The van der Waals surface area contributed by atoms with Crippen molar-refractivity contribution in [3.05, 3.63) is 30.3 Å². The fourth-order valence-electron chi connectivity index (χ4n) is 2.45. The Morgan fingerprint density at radius 3 is 1.63 bits per heavy atom. The second kappa shape index (κ2) is 7.30. The van der Waals surface area contributed by atoms with Crippen LogP contribution in [0, 0.1) is 0 Å². The Bertz CT molecular complexity index is 440. The topological polar surface area (TPSA) is 26.3 Å². The first-order valence-corrected chi connectivity index (χ1v) is 8.64. The molecule has 0 aliphatic heterocycles. The average molecular weight is 311 g/mol. The summed E-state index contributed by atoms with van der Waals surface area (Å²) in [5.41, 5.74) is 0. The van der Waals surface area contributed by atoms with E-state index in [2.05, 4.69) is 0 Å². The van der Waals surface area contributed by atoms with Crippen LogP contribution in [-0.4, -0.2) is 72.2 Å². The third-order valence-electron chi connectivity index (χ3n) is 3.38. The monoisotopic (exact) mass is 310 g/mol. The van der Waals surface area contributed by atoms with Gasteiger partial charge in [-0.3, -0.25) is 4.18 Å². The number of hydrogen-bond acceptors (Lipinski definition) is 2. The van der Waals surface area contributed by atoms with Crippen LogP contribution in [-0.2, 0) is 13.5 Å². The molecular weight excluding hydrogens is 283 g/mol. The first-order valence-electron chi connectivity index (χ1n) is 6.62. The molecule has 0 bridgehead atoms. The summed E-state index contributed by atoms with van der Waals surface area (Å²) in [5, 5.41) is -0.0985. The standard InChI is InChI=1S/C15H26O2S.K.H/c1-12(2)17-18(16,13(3)4,14(5)6)15-10-8-7-9-11-15;;/h7-14H,1-6H3;;. The summed E-state index contributed by atoms with van der Waals surface area (Å²) in [6.07, 6.45) is -0.0606. The van der Waals surface area contributed by atoms with Crippen molar-refractivity contribution in [3.63, 3.8) is 0 Å². The Morgan fingerprint density at radius 1 is 0.895 bits per heavy atom. The Labute approximate surface area is 160 Å². The normalized spacial score (nSPS) is 14.3. The van der Waals surface area contributed by atoms with Gasteiger partial charge in [-0.1, -0.05) is 18.2 Å². The first kappa shape index (κ1) is 20.0. The van der Waals surface area contributed by atoms with Gasteiger partial charge in [-0.05, 0) is 53.7 Å². The maximum atomic E-state index is 14.0. The molecule has 0 fully saturated rings. The van der Waals surface area contributed by atoms with Crippen LogP contribution in [0.3, 0.4) is 0 Å². The molecule has 0 heterocycles. The van der Waals surface area contributed by atoms with Gasteiger partial charge in [0.1, 0.15) is 0 Å². The molecule has 1 rings (SSSR count). The molecule has 0 unspecified atom stereocenters. The molecule has 2 nitrogen and oxygen atoms in total. The summed E-state index contributed by atoms with van der Waals surface area (Å²) in [6.45, 7) is 11.9. The van der Waals surface area contributed by atoms with Gasteiger partial charge in [0.2, 0.25) is 0 Å². The van der Waals surface area contributed by atoms with Gasteiger partial charge in [-0.15, -0.1) is 0 Å². The Kier molecular flexibility index (Phi) is 7.67. The van der Waals surface area contributed by atoms with E-state index in [-0.39, 0.29) is 68.0 Å². The summed E-state index contributed by atoms with van der Waals surface area (Å²) in [7, 11) is -3.34. The molecule has 0 aromatic heterocycles. The number of rotatable bonds is 5. The third-order valence-corrected chi connectivity index (χ3v) is 8.94. The van der Waals surface area contributed by atoms with E-state index in [1.54, 1.807) is 0 Å². The predicted octanol–water partition coefficient (Wildman–Crippen LogP) is 3.37. The Balaban J connectivity index is 0.00000324. The molecule has 106 valence electrons. The van der Waals surface area contributed by atoms with Crippen molar-refractivity contribution in [2.75, 3.05) is 0 Å². The van der Waals surface area contributed by atoms with Crippen LogP contribution in [0.5, 0.6) is 0 Å². The van der Waals surface area contributed by atoms with Gasteiger partial charge in [0.05, 0.1) is 11.0 Å². The SMILES string of the molecule is CC(C)OS(=O)(c1ccccc1)(C(C)C)C(C)C.[KH]. The minimum atomic E-state index is -3.34. The fraction of sp³-hybridized carbons (Fsp3) is 0.600. The number of hydrogen-bond donors (Lipinski definition) is 0. The van der Waals surface area contributed by atoms with Crippen molar-refractivity contribution in [1.29, 1.82) is 0 Å². The molecule has 4 heteroatoms. The van der Waals surface area contributed by atoms with E-state index in [0.717, 1.165) is 4.90 Å². The summed E-state index contributed by atoms with van der Waals surface area (Å²) in [4.78, 5) is 0.827. The quantitative estimate of drug-likeness (QED) is 0.779. The molecule has 0 aliphatic rings. The van der Waals surface area contributed by atoms with Crippen molar-refractivity contribution in [3.8, 4) is 0 Å². The molecular formula is C15H27KO2S. The third kappa shape index (κ3) is 3.60. The molecule has 0 saturated heterocycles. The second-order valence-electron chi connectivity index (χ2n) is 5.55. The summed E-state index contributed by atoms with van der Waals surface area (Å²) < 4.78 is 20.1. The zero-order chi connectivity index (χ0) is 14.0. The minimum absolute atomic E-state index is 0. The first-order chi connectivity index (χ1) is 8.23. The van der Waals surface area contributed by atoms with E-state index in [9.17, 15) is 4.21 Å². The summed E-state index contributed by atoms with van der Waals surface area (Å²) in [5.74, 6) is 0. The molecule has 0 radical (unpaired) electrons. The van der Waals surface area contributed by atoms with Crippen molar-refractivity contribution >= 4 is 60.7 Å². The molecule has 19 heavy (non-hydrogen) atoms. The second-order valence-corrected chi connectivity index (χ2v) is 10.1. The van der Waals surface area contributed by atoms with Gasteiger partial charge in [-0.25, -0.2) is 4.21 Å². The summed E-state index contributed by atoms with van der Waals surface area (Å²) >= 11 is 0. The maximum absolute atomic E-state index is 14.0. The van der Waals surface area contributed by atoms with Gasteiger partial charge in [0, 0.05) is 10.5 Å². The molecule has 0 atom stereocenters. The van der Waals surface area contributed by atoms with Gasteiger partial charge in [0.15, 0.2) is 0 Å². The van der Waals surface area contributed by atoms with Crippen molar-refractivity contribution in [2.45, 2.75) is 63.0 Å². The molecule has 1 aromatic carbocycles. The molecule has 0 spiro atoms. The van der Waals surface area contributed by atoms with Gasteiger partial charge in [0.25, 0.3) is 0 Å². The van der Waals surface area contributed by atoms with Crippen molar-refractivity contribution in [2.24, 2.45) is 0 Å². The predicted molar refractivity (Wildman–Crippen MR) is 86.5 cm³/mol. The van der Waals surface area contributed by atoms with Crippen LogP contribution in [0.1, 0.15) is 41.5 Å². The van der Waals surface area contributed by atoms with Gasteiger partial charge >= 0.3 is 51.4 Å². The van der Waals surface area contributed by atoms with E-state index in [1.165, 1.54) is 0 Å². The van der Waals surface area contributed by atoms with E-state index in [4.69, 9.17) is 4.18 Å². The molecule has 0 N–H and O–H groups in total. The zero-order valence-electron chi connectivity index (χ0n) is 12.3. The Morgan fingerprint density at radius 2 is 1.32 bits per heavy atom. The Hall–Kier alpha value is 0.966. The molecule has 0 saturated carbocycles. The fourth-order valence-corrected chi connectivity index (χ4v) is 6.67. The number of benzene rings is 1. The van der Waals surface area contributed by atoms with Crippen molar-refractivity contribution in [1.82, 2.24) is 0 Å². The van der Waals surface area contributed by atoms with Crippen LogP contribution >= 0.6 is 0 Å². The van der Waals surface area contributed by atoms with Gasteiger partial charge < -0.3 is 0 Å². The van der Waals surface area contributed by atoms with E-state index in [1.807, 2.05) is 71.9 Å². The van der Waals surface area contributed by atoms with E-state index < -0.39 is 9.35 Å². The van der Waals surface area contributed by atoms with E-state index in [0.29, 0.717) is 0 Å². The van der Waals surface area contributed by atoms with Crippen LogP contribution in [0.2, 0.25) is 0 Å². The van der Waals surface area contributed by atoms with Crippen LogP contribution in [0.25, 0.3) is 0 Å². The van der Waals surface area contributed by atoms with Crippen LogP contribution < -0.4 is 0 Å². The molecule has 0 aliphatic carbocycles. The zero-order valence-corrected chi connectivity index (χ0v) is 13.2. The van der Waals surface area contributed by atoms with Crippen molar-refractivity contribution < 1.29 is 8.39 Å². The molecule has 0 amide bonds. The van der Waals surface area contributed by atoms with Gasteiger partial charge in [-0.2, -0.15) is 9.35 Å². The molecule has 1 aromatic rings. The average Bonchev–Trinajstić information content (AvgIpc) is 2.28.